The first-order valence-electron chi connectivity index (χ1n) is 9.61. The van der Waals surface area contributed by atoms with Crippen LogP contribution in [-0.4, -0.2) is 56.0 Å². The summed E-state index contributed by atoms with van der Waals surface area (Å²) in [4.78, 5) is 42.6. The molecule has 2 aromatic rings. The van der Waals surface area contributed by atoms with E-state index in [2.05, 4.69) is 20.7 Å². The third-order valence-electron chi connectivity index (χ3n) is 4.54. The van der Waals surface area contributed by atoms with Crippen LogP contribution in [-0.2, 0) is 9.53 Å². The Labute approximate surface area is 178 Å². The van der Waals surface area contributed by atoms with Crippen LogP contribution >= 0.6 is 11.3 Å². The molecule has 160 valence electrons. The lowest BCUT2D eigenvalue weighted by molar-refractivity contribution is -0.121. The van der Waals surface area contributed by atoms with Crippen molar-refractivity contribution in [2.24, 2.45) is 0 Å². The van der Waals surface area contributed by atoms with E-state index in [0.29, 0.717) is 30.9 Å². The summed E-state index contributed by atoms with van der Waals surface area (Å²) in [5.74, 6) is -0.214. The van der Waals surface area contributed by atoms with Gasteiger partial charge in [0.25, 0.3) is 5.91 Å². The number of hydrogen-bond donors (Lipinski definition) is 2. The summed E-state index contributed by atoms with van der Waals surface area (Å²) in [5.41, 5.74) is 5.54. The molecule has 0 bridgehead atoms. The summed E-state index contributed by atoms with van der Waals surface area (Å²) in [6.07, 6.45) is 0.741. The number of hydrazine groups is 1. The topological polar surface area (TPSA) is 110 Å². The molecule has 1 fully saturated rings. The van der Waals surface area contributed by atoms with Gasteiger partial charge in [0.15, 0.2) is 10.9 Å². The highest BCUT2D eigenvalue weighted by Crippen LogP contribution is 2.21. The molecule has 0 spiro atoms. The second kappa shape index (κ2) is 10.7. The van der Waals surface area contributed by atoms with Crippen LogP contribution in [0.25, 0.3) is 0 Å². The van der Waals surface area contributed by atoms with Gasteiger partial charge in [0.05, 0.1) is 20.3 Å². The molecule has 1 aliphatic heterocycles. The summed E-state index contributed by atoms with van der Waals surface area (Å²) in [5, 5.41) is 2.41. The fourth-order valence-corrected chi connectivity index (χ4v) is 3.71. The van der Waals surface area contributed by atoms with Crippen molar-refractivity contribution in [3.63, 3.8) is 0 Å². The lowest BCUT2D eigenvalue weighted by Crippen LogP contribution is -2.41. The lowest BCUT2D eigenvalue weighted by atomic mass is 10.1. The minimum atomic E-state index is -0.478. The highest BCUT2D eigenvalue weighted by molar-refractivity contribution is 7.13. The molecule has 30 heavy (non-hydrogen) atoms. The van der Waals surface area contributed by atoms with Gasteiger partial charge in [0.2, 0.25) is 5.91 Å². The molecule has 1 aromatic heterocycles. The number of nitrogens with zero attached hydrogens (tertiary/aromatic N) is 2. The Kier molecular flexibility index (Phi) is 7.75. The quantitative estimate of drug-likeness (QED) is 0.483. The number of amides is 2. The van der Waals surface area contributed by atoms with E-state index in [1.54, 1.807) is 36.8 Å². The number of rotatable bonds is 8. The molecule has 2 N–H and O–H groups in total. The highest BCUT2D eigenvalue weighted by Gasteiger charge is 2.18. The molecular weight excluding hydrogens is 408 g/mol. The van der Waals surface area contributed by atoms with Gasteiger partial charge in [-0.1, -0.05) is 0 Å². The minimum Gasteiger partial charge on any atom is -0.497 e. The van der Waals surface area contributed by atoms with Crippen molar-refractivity contribution < 1.29 is 23.9 Å². The molecule has 2 amide bonds. The van der Waals surface area contributed by atoms with Gasteiger partial charge in [-0.3, -0.25) is 25.2 Å². The second-order valence-electron chi connectivity index (χ2n) is 6.62. The SMILES string of the molecule is COc1ccc(C(=O)CCCC(=O)NNC(=O)c2csc(N3CCOCC3)n2)cc1. The Morgan fingerprint density at radius 1 is 1.13 bits per heavy atom. The number of Topliss-reactive ketones (excluding diaryl/α,β-unsaturated/α-hetero) is 1. The number of anilines is 1. The van der Waals surface area contributed by atoms with Gasteiger partial charge in [-0.15, -0.1) is 11.3 Å². The predicted molar refractivity (Wildman–Crippen MR) is 112 cm³/mol. The molecule has 9 nitrogen and oxygen atoms in total. The average molecular weight is 433 g/mol. The minimum absolute atomic E-state index is 0.0485. The first-order valence-corrected chi connectivity index (χ1v) is 10.5. The van der Waals surface area contributed by atoms with Crippen molar-refractivity contribution in [3.05, 3.63) is 40.9 Å². The van der Waals surface area contributed by atoms with E-state index in [1.807, 2.05) is 0 Å². The normalized spacial score (nSPS) is 13.6. The second-order valence-corrected chi connectivity index (χ2v) is 7.46. The summed E-state index contributed by atoms with van der Waals surface area (Å²) >= 11 is 1.38. The standard InChI is InChI=1S/C20H24N4O5S/c1-28-15-7-5-14(6-8-15)17(25)3-2-4-18(26)22-23-19(27)16-13-30-20(21-16)24-9-11-29-12-10-24/h5-8,13H,2-4,9-12H2,1H3,(H,22,26)(H,23,27). The average Bonchev–Trinajstić information content (AvgIpc) is 3.28. The van der Waals surface area contributed by atoms with Crippen LogP contribution < -0.4 is 20.5 Å². The van der Waals surface area contributed by atoms with Crippen molar-refractivity contribution in [1.82, 2.24) is 15.8 Å². The number of ketones is 1. The van der Waals surface area contributed by atoms with Gasteiger partial charge in [0.1, 0.15) is 11.4 Å². The van der Waals surface area contributed by atoms with Gasteiger partial charge in [-0.2, -0.15) is 0 Å². The molecule has 0 saturated carbocycles. The van der Waals surface area contributed by atoms with Crippen LogP contribution in [0.2, 0.25) is 0 Å². The maximum Gasteiger partial charge on any atom is 0.289 e. The Bertz CT molecular complexity index is 878. The van der Waals surface area contributed by atoms with Crippen LogP contribution in [0.15, 0.2) is 29.6 Å². The lowest BCUT2D eigenvalue weighted by Gasteiger charge is -2.25. The maximum atomic E-state index is 12.2. The van der Waals surface area contributed by atoms with E-state index < -0.39 is 5.91 Å². The number of thiazole rings is 1. The summed E-state index contributed by atoms with van der Waals surface area (Å²) < 4.78 is 10.4. The Morgan fingerprint density at radius 2 is 1.87 bits per heavy atom. The van der Waals surface area contributed by atoms with E-state index >= 15 is 0 Å². The molecule has 2 heterocycles. The van der Waals surface area contributed by atoms with Crippen molar-refractivity contribution in [3.8, 4) is 5.75 Å². The van der Waals surface area contributed by atoms with E-state index in [9.17, 15) is 14.4 Å². The zero-order valence-corrected chi connectivity index (χ0v) is 17.5. The van der Waals surface area contributed by atoms with E-state index in [-0.39, 0.29) is 30.2 Å². The maximum absolute atomic E-state index is 12.2. The van der Waals surface area contributed by atoms with Crippen LogP contribution in [0.5, 0.6) is 5.75 Å². The Morgan fingerprint density at radius 3 is 2.57 bits per heavy atom. The highest BCUT2D eigenvalue weighted by atomic mass is 32.1. The van der Waals surface area contributed by atoms with Crippen molar-refractivity contribution in [1.29, 1.82) is 0 Å². The zero-order chi connectivity index (χ0) is 21.3. The summed E-state index contributed by atoms with van der Waals surface area (Å²) in [7, 11) is 1.56. The van der Waals surface area contributed by atoms with Crippen LogP contribution in [0.4, 0.5) is 5.13 Å². The number of hydrogen-bond acceptors (Lipinski definition) is 8. The fraction of sp³-hybridized carbons (Fsp3) is 0.400. The molecule has 0 radical (unpaired) electrons. The van der Waals surface area contributed by atoms with Gasteiger partial charge >= 0.3 is 0 Å². The number of carbonyl (C=O) groups is 3. The molecule has 1 aromatic carbocycles. The molecule has 3 rings (SSSR count). The van der Waals surface area contributed by atoms with Gasteiger partial charge < -0.3 is 14.4 Å². The molecule has 1 aliphatic rings. The third-order valence-corrected chi connectivity index (χ3v) is 5.44. The number of methoxy groups -OCH3 is 1. The van der Waals surface area contributed by atoms with Crippen LogP contribution in [0.3, 0.4) is 0 Å². The van der Waals surface area contributed by atoms with Crippen molar-refractivity contribution in [2.75, 3.05) is 38.3 Å². The van der Waals surface area contributed by atoms with Crippen molar-refractivity contribution in [2.45, 2.75) is 19.3 Å². The summed E-state index contributed by atoms with van der Waals surface area (Å²) in [6, 6.07) is 6.83. The predicted octanol–water partition coefficient (Wildman–Crippen LogP) is 1.80. The number of nitrogens with one attached hydrogen (secondary N) is 2. The largest absolute Gasteiger partial charge is 0.497 e. The molecular formula is C20H24N4O5S. The Balaban J connectivity index is 1.37. The third kappa shape index (κ3) is 6.01. The molecule has 0 aliphatic carbocycles. The molecule has 10 heteroatoms. The number of morpholine rings is 1. The van der Waals surface area contributed by atoms with E-state index in [0.717, 1.165) is 18.2 Å². The fourth-order valence-electron chi connectivity index (χ4n) is 2.85. The summed E-state index contributed by atoms with van der Waals surface area (Å²) in [6.45, 7) is 2.75. The number of carbonyl (C=O) groups excluding carboxylic acids is 3. The molecule has 0 unspecified atom stereocenters. The number of ether oxygens (including phenoxy) is 2. The van der Waals surface area contributed by atoms with Crippen LogP contribution in [0, 0.1) is 0 Å². The van der Waals surface area contributed by atoms with Crippen molar-refractivity contribution >= 4 is 34.1 Å². The monoisotopic (exact) mass is 432 g/mol. The smallest absolute Gasteiger partial charge is 0.289 e. The number of benzene rings is 1. The van der Waals surface area contributed by atoms with Crippen LogP contribution in [0.1, 0.15) is 40.1 Å². The van der Waals surface area contributed by atoms with Gasteiger partial charge in [0, 0.05) is 36.9 Å². The molecule has 1 saturated heterocycles. The van der Waals surface area contributed by atoms with E-state index in [1.165, 1.54) is 11.3 Å². The number of aromatic nitrogens is 1. The first-order chi connectivity index (χ1) is 14.6. The zero-order valence-electron chi connectivity index (χ0n) is 16.7. The van der Waals surface area contributed by atoms with Gasteiger partial charge in [-0.05, 0) is 30.7 Å². The van der Waals surface area contributed by atoms with E-state index in [4.69, 9.17) is 9.47 Å². The molecule has 0 atom stereocenters. The van der Waals surface area contributed by atoms with Gasteiger partial charge in [-0.25, -0.2) is 4.98 Å². The first kappa shape index (κ1) is 21.7. The Hall–Kier alpha value is -2.98.